The van der Waals surface area contributed by atoms with Gasteiger partial charge in [-0.15, -0.1) is 0 Å². The molecule has 0 aromatic heterocycles. The first-order valence-electron chi connectivity index (χ1n) is 3.82. The number of fused-ring (bicyclic) bond motifs is 1. The van der Waals surface area contributed by atoms with E-state index in [1.807, 2.05) is 0 Å². The molecule has 0 amide bonds. The lowest BCUT2D eigenvalue weighted by Gasteiger charge is -2.02. The van der Waals surface area contributed by atoms with Gasteiger partial charge in [0.2, 0.25) is 0 Å². The van der Waals surface area contributed by atoms with E-state index in [4.69, 9.17) is 5.73 Å². The molecule has 9 heavy (non-hydrogen) atoms. The molecule has 1 saturated heterocycles. The van der Waals surface area contributed by atoms with Crippen LogP contribution in [0.5, 0.6) is 0 Å². The largest absolute Gasteiger partial charge is 0.328 e. The quantitative estimate of drug-likeness (QED) is 0.477. The normalized spacial score (nSPS) is 49.7. The fourth-order valence-corrected chi connectivity index (χ4v) is 2.21. The summed E-state index contributed by atoms with van der Waals surface area (Å²) in [5.74, 6) is 1.83. The Bertz CT molecular complexity index is 101. The van der Waals surface area contributed by atoms with Crippen LogP contribution in [-0.2, 0) is 0 Å². The van der Waals surface area contributed by atoms with Crippen LogP contribution in [0.2, 0.25) is 0 Å². The van der Waals surface area contributed by atoms with Gasteiger partial charge in [0.25, 0.3) is 0 Å². The number of hydrogen-bond acceptors (Lipinski definition) is 2. The van der Waals surface area contributed by atoms with E-state index < -0.39 is 0 Å². The SMILES string of the molecule is NC1CC2CNC[C@H]2C1. The average Bonchev–Trinajstić information content (AvgIpc) is 2.22. The van der Waals surface area contributed by atoms with Gasteiger partial charge in [-0.1, -0.05) is 0 Å². The van der Waals surface area contributed by atoms with Crippen molar-refractivity contribution in [2.75, 3.05) is 13.1 Å². The molecule has 2 rings (SSSR count). The van der Waals surface area contributed by atoms with Crippen LogP contribution in [0.1, 0.15) is 12.8 Å². The Labute approximate surface area is 55.8 Å². The highest BCUT2D eigenvalue weighted by molar-refractivity contribution is 4.91. The maximum absolute atomic E-state index is 5.80. The number of hydrogen-bond donors (Lipinski definition) is 2. The molecule has 1 aliphatic heterocycles. The Morgan fingerprint density at radius 2 is 1.67 bits per heavy atom. The topological polar surface area (TPSA) is 38.0 Å². The fourth-order valence-electron chi connectivity index (χ4n) is 2.21. The summed E-state index contributed by atoms with van der Waals surface area (Å²) in [6.45, 7) is 2.44. The van der Waals surface area contributed by atoms with Crippen LogP contribution in [0.4, 0.5) is 0 Å². The molecule has 52 valence electrons. The van der Waals surface area contributed by atoms with Gasteiger partial charge in [0.1, 0.15) is 0 Å². The molecule has 2 unspecified atom stereocenters. The van der Waals surface area contributed by atoms with Crippen LogP contribution >= 0.6 is 0 Å². The predicted octanol–water partition coefficient (Wildman–Crippen LogP) is -0.0569. The molecular formula is C7H14N2. The minimum Gasteiger partial charge on any atom is -0.328 e. The lowest BCUT2D eigenvalue weighted by atomic mass is 10.0. The zero-order valence-electron chi connectivity index (χ0n) is 5.64. The van der Waals surface area contributed by atoms with Crippen molar-refractivity contribution in [2.45, 2.75) is 18.9 Å². The Morgan fingerprint density at radius 3 is 2.22 bits per heavy atom. The molecule has 0 bridgehead atoms. The van der Waals surface area contributed by atoms with E-state index in [0.717, 1.165) is 11.8 Å². The van der Waals surface area contributed by atoms with Crippen LogP contribution in [0.3, 0.4) is 0 Å². The fraction of sp³-hybridized carbons (Fsp3) is 1.00. The molecule has 3 atom stereocenters. The Kier molecular flexibility index (Phi) is 1.24. The monoisotopic (exact) mass is 126 g/mol. The third kappa shape index (κ3) is 0.864. The molecule has 2 fully saturated rings. The Hall–Kier alpha value is -0.0800. The molecule has 2 aliphatic rings. The summed E-state index contributed by atoms with van der Waals surface area (Å²) in [4.78, 5) is 0. The second kappa shape index (κ2) is 1.96. The maximum Gasteiger partial charge on any atom is 0.00452 e. The van der Waals surface area contributed by atoms with Crippen molar-refractivity contribution in [3.05, 3.63) is 0 Å². The first-order chi connectivity index (χ1) is 4.36. The van der Waals surface area contributed by atoms with Gasteiger partial charge in [0, 0.05) is 6.04 Å². The molecule has 2 heteroatoms. The molecule has 2 nitrogen and oxygen atoms in total. The first-order valence-corrected chi connectivity index (χ1v) is 3.82. The third-order valence-electron chi connectivity index (χ3n) is 2.69. The number of nitrogens with two attached hydrogens (primary N) is 1. The summed E-state index contributed by atoms with van der Waals surface area (Å²) in [6.07, 6.45) is 2.52. The van der Waals surface area contributed by atoms with Gasteiger partial charge in [-0.3, -0.25) is 0 Å². The van der Waals surface area contributed by atoms with E-state index in [2.05, 4.69) is 5.32 Å². The van der Waals surface area contributed by atoms with Crippen molar-refractivity contribution in [3.8, 4) is 0 Å². The highest BCUT2D eigenvalue weighted by Crippen LogP contribution is 2.32. The lowest BCUT2D eigenvalue weighted by Crippen LogP contribution is -2.20. The van der Waals surface area contributed by atoms with E-state index in [0.29, 0.717) is 6.04 Å². The van der Waals surface area contributed by atoms with Gasteiger partial charge in [-0.05, 0) is 37.8 Å². The molecule has 3 N–H and O–H groups in total. The summed E-state index contributed by atoms with van der Waals surface area (Å²) in [5, 5.41) is 3.39. The van der Waals surface area contributed by atoms with Crippen LogP contribution in [-0.4, -0.2) is 19.1 Å². The lowest BCUT2D eigenvalue weighted by molar-refractivity contribution is 0.494. The minimum absolute atomic E-state index is 0.516. The van der Waals surface area contributed by atoms with Crippen molar-refractivity contribution in [1.82, 2.24) is 5.32 Å². The second-order valence-corrected chi connectivity index (χ2v) is 3.41. The highest BCUT2D eigenvalue weighted by atomic mass is 14.9. The van der Waals surface area contributed by atoms with Gasteiger partial charge in [0.15, 0.2) is 0 Å². The van der Waals surface area contributed by atoms with Crippen molar-refractivity contribution in [3.63, 3.8) is 0 Å². The zero-order valence-corrected chi connectivity index (χ0v) is 5.64. The molecule has 1 heterocycles. The standard InChI is InChI=1S/C7H14N2/c8-7-1-5-3-9-4-6(5)2-7/h5-7,9H,1-4,8H2/t5-,6?,7?/m1/s1. The van der Waals surface area contributed by atoms with Gasteiger partial charge in [-0.25, -0.2) is 0 Å². The van der Waals surface area contributed by atoms with Crippen molar-refractivity contribution >= 4 is 0 Å². The van der Waals surface area contributed by atoms with Crippen LogP contribution in [0.15, 0.2) is 0 Å². The van der Waals surface area contributed by atoms with Gasteiger partial charge in [0.05, 0.1) is 0 Å². The summed E-state index contributed by atoms with van der Waals surface area (Å²) < 4.78 is 0. The molecule has 1 aliphatic carbocycles. The maximum atomic E-state index is 5.80. The number of rotatable bonds is 0. The summed E-state index contributed by atoms with van der Waals surface area (Å²) in [7, 11) is 0. The van der Waals surface area contributed by atoms with Crippen molar-refractivity contribution < 1.29 is 0 Å². The van der Waals surface area contributed by atoms with Crippen molar-refractivity contribution in [2.24, 2.45) is 17.6 Å². The molecule has 1 saturated carbocycles. The first kappa shape index (κ1) is 5.69. The summed E-state index contributed by atoms with van der Waals surface area (Å²) >= 11 is 0. The number of nitrogens with one attached hydrogen (secondary N) is 1. The molecule has 0 spiro atoms. The van der Waals surface area contributed by atoms with Gasteiger partial charge >= 0.3 is 0 Å². The molecule has 0 aromatic carbocycles. The van der Waals surface area contributed by atoms with Gasteiger partial charge < -0.3 is 11.1 Å². The van der Waals surface area contributed by atoms with E-state index >= 15 is 0 Å². The highest BCUT2D eigenvalue weighted by Gasteiger charge is 2.35. The Balaban J connectivity index is 2.02. The van der Waals surface area contributed by atoms with E-state index in [-0.39, 0.29) is 0 Å². The summed E-state index contributed by atoms with van der Waals surface area (Å²) in [5.41, 5.74) is 5.80. The van der Waals surface area contributed by atoms with E-state index in [9.17, 15) is 0 Å². The van der Waals surface area contributed by atoms with E-state index in [1.165, 1.54) is 25.9 Å². The molecule has 0 radical (unpaired) electrons. The average molecular weight is 126 g/mol. The van der Waals surface area contributed by atoms with E-state index in [1.54, 1.807) is 0 Å². The van der Waals surface area contributed by atoms with Crippen LogP contribution < -0.4 is 11.1 Å². The van der Waals surface area contributed by atoms with Crippen molar-refractivity contribution in [1.29, 1.82) is 0 Å². The predicted molar refractivity (Wildman–Crippen MR) is 37.1 cm³/mol. The molecule has 0 aromatic rings. The third-order valence-corrected chi connectivity index (χ3v) is 2.69. The molecular weight excluding hydrogens is 112 g/mol. The minimum atomic E-state index is 0.516. The van der Waals surface area contributed by atoms with Crippen LogP contribution in [0.25, 0.3) is 0 Å². The summed E-state index contributed by atoms with van der Waals surface area (Å²) in [6, 6.07) is 0.516. The van der Waals surface area contributed by atoms with Gasteiger partial charge in [-0.2, -0.15) is 0 Å². The smallest absolute Gasteiger partial charge is 0.00452 e. The zero-order chi connectivity index (χ0) is 6.27. The van der Waals surface area contributed by atoms with Crippen LogP contribution in [0, 0.1) is 11.8 Å². The Morgan fingerprint density at radius 1 is 1.11 bits per heavy atom. The second-order valence-electron chi connectivity index (χ2n) is 3.41.